The quantitative estimate of drug-likeness (QED) is 0.647. The van der Waals surface area contributed by atoms with Crippen molar-refractivity contribution >= 4 is 23.2 Å². The maximum Gasteiger partial charge on any atom is 0.336 e. The summed E-state index contributed by atoms with van der Waals surface area (Å²) in [6, 6.07) is 13.4. The highest BCUT2D eigenvalue weighted by Gasteiger charge is 2.17. The zero-order valence-electron chi connectivity index (χ0n) is 14.8. The Bertz CT molecular complexity index is 941. The molecule has 3 aromatic rings. The Morgan fingerprint density at radius 1 is 1.26 bits per heavy atom. The maximum absolute atomic E-state index is 14.3. The van der Waals surface area contributed by atoms with E-state index >= 15 is 0 Å². The second-order valence-corrected chi connectivity index (χ2v) is 6.35. The van der Waals surface area contributed by atoms with Crippen LogP contribution in [0.1, 0.15) is 13.8 Å². The van der Waals surface area contributed by atoms with Gasteiger partial charge in [-0.1, -0.05) is 12.1 Å². The third kappa shape index (κ3) is 4.25. The summed E-state index contributed by atoms with van der Waals surface area (Å²) in [5.41, 5.74) is 1.54. The molecule has 1 atom stereocenters. The lowest BCUT2D eigenvalue weighted by atomic mass is 10.2. The van der Waals surface area contributed by atoms with Crippen LogP contribution < -0.4 is 10.1 Å². The van der Waals surface area contributed by atoms with Gasteiger partial charge in [0.1, 0.15) is 11.2 Å². The minimum atomic E-state index is -0.638. The monoisotopic (exact) mass is 388 g/mol. The van der Waals surface area contributed by atoms with Crippen molar-refractivity contribution in [3.8, 4) is 23.1 Å². The number of hydrogen-bond donors (Lipinski definition) is 1. The van der Waals surface area contributed by atoms with Crippen molar-refractivity contribution in [3.63, 3.8) is 0 Å². The van der Waals surface area contributed by atoms with E-state index in [0.29, 0.717) is 29.4 Å². The SMILES string of the molecule is CCOc1nc(-c2ccccc2F)n(-c2ccc(NC(=O)[C@@H](C)Cl)cc2)n1. The van der Waals surface area contributed by atoms with Crippen LogP contribution in [0.2, 0.25) is 0 Å². The number of carbonyl (C=O) groups excluding carboxylic acids is 1. The van der Waals surface area contributed by atoms with E-state index in [1.54, 1.807) is 49.4 Å². The van der Waals surface area contributed by atoms with Crippen molar-refractivity contribution < 1.29 is 13.9 Å². The molecule has 0 fully saturated rings. The summed E-state index contributed by atoms with van der Waals surface area (Å²) < 4.78 is 21.1. The van der Waals surface area contributed by atoms with E-state index in [4.69, 9.17) is 16.3 Å². The van der Waals surface area contributed by atoms with Gasteiger partial charge in [0.05, 0.1) is 17.9 Å². The summed E-state index contributed by atoms with van der Waals surface area (Å²) in [7, 11) is 0. The number of nitrogens with one attached hydrogen (secondary N) is 1. The summed E-state index contributed by atoms with van der Waals surface area (Å²) >= 11 is 5.76. The average Bonchev–Trinajstić information content (AvgIpc) is 3.06. The summed E-state index contributed by atoms with van der Waals surface area (Å²) in [6.45, 7) is 3.80. The van der Waals surface area contributed by atoms with E-state index in [-0.39, 0.29) is 11.9 Å². The molecule has 0 bridgehead atoms. The van der Waals surface area contributed by atoms with Crippen molar-refractivity contribution in [2.45, 2.75) is 19.2 Å². The standard InChI is InChI=1S/C19H18ClFN4O2/c1-3-27-19-23-17(15-6-4-5-7-16(15)21)25(24-19)14-10-8-13(9-11-14)22-18(26)12(2)20/h4-12H,3H2,1-2H3,(H,22,26)/t12-/m1/s1. The van der Waals surface area contributed by atoms with Gasteiger partial charge in [-0.25, -0.2) is 9.07 Å². The van der Waals surface area contributed by atoms with Crippen LogP contribution in [-0.2, 0) is 4.79 Å². The number of anilines is 1. The molecule has 1 heterocycles. The molecule has 0 radical (unpaired) electrons. The average molecular weight is 389 g/mol. The van der Waals surface area contributed by atoms with E-state index < -0.39 is 11.2 Å². The molecule has 0 saturated carbocycles. The third-order valence-corrected chi connectivity index (χ3v) is 3.91. The molecule has 1 amide bonds. The molecule has 3 rings (SSSR count). The lowest BCUT2D eigenvalue weighted by Crippen LogP contribution is -2.20. The molecule has 8 heteroatoms. The zero-order valence-corrected chi connectivity index (χ0v) is 15.6. The number of alkyl halides is 1. The number of hydrogen-bond acceptors (Lipinski definition) is 4. The lowest BCUT2D eigenvalue weighted by molar-refractivity contribution is -0.115. The number of halogens is 2. The van der Waals surface area contributed by atoms with Crippen molar-refractivity contribution in [2.75, 3.05) is 11.9 Å². The molecule has 0 aliphatic heterocycles. The largest absolute Gasteiger partial charge is 0.463 e. The van der Waals surface area contributed by atoms with Gasteiger partial charge in [0, 0.05) is 5.69 Å². The van der Waals surface area contributed by atoms with Gasteiger partial charge in [0.15, 0.2) is 5.82 Å². The number of ether oxygens (including phenoxy) is 1. The number of amides is 1. The highest BCUT2D eigenvalue weighted by Crippen LogP contribution is 2.26. The van der Waals surface area contributed by atoms with Crippen LogP contribution in [0.25, 0.3) is 17.1 Å². The fourth-order valence-electron chi connectivity index (χ4n) is 2.41. The summed E-state index contributed by atoms with van der Waals surface area (Å²) in [6.07, 6.45) is 0. The molecular weight excluding hydrogens is 371 g/mol. The van der Waals surface area contributed by atoms with Crippen molar-refractivity contribution in [3.05, 3.63) is 54.3 Å². The molecule has 0 spiro atoms. The van der Waals surface area contributed by atoms with E-state index in [9.17, 15) is 9.18 Å². The fraction of sp³-hybridized carbons (Fsp3) is 0.211. The van der Waals surface area contributed by atoms with Crippen LogP contribution >= 0.6 is 11.6 Å². The molecular formula is C19H18ClFN4O2. The predicted octanol–water partition coefficient (Wildman–Crippen LogP) is 4.04. The topological polar surface area (TPSA) is 69.0 Å². The second kappa shape index (κ2) is 8.18. The van der Waals surface area contributed by atoms with Crippen LogP contribution in [0.15, 0.2) is 48.5 Å². The Labute approximate surface area is 160 Å². The van der Waals surface area contributed by atoms with Gasteiger partial charge in [0.2, 0.25) is 5.91 Å². The number of rotatable bonds is 6. The molecule has 2 aromatic carbocycles. The normalized spacial score (nSPS) is 11.9. The molecule has 140 valence electrons. The third-order valence-electron chi connectivity index (χ3n) is 3.72. The van der Waals surface area contributed by atoms with Crippen LogP contribution in [0, 0.1) is 5.82 Å². The van der Waals surface area contributed by atoms with Gasteiger partial charge in [-0.2, -0.15) is 4.98 Å². The number of benzene rings is 2. The smallest absolute Gasteiger partial charge is 0.336 e. The van der Waals surface area contributed by atoms with E-state index in [1.165, 1.54) is 10.7 Å². The Morgan fingerprint density at radius 2 is 1.96 bits per heavy atom. The number of nitrogens with zero attached hydrogens (tertiary/aromatic N) is 3. The van der Waals surface area contributed by atoms with Gasteiger partial charge in [-0.15, -0.1) is 16.7 Å². The van der Waals surface area contributed by atoms with Gasteiger partial charge in [-0.05, 0) is 50.2 Å². The molecule has 0 saturated heterocycles. The van der Waals surface area contributed by atoms with E-state index in [0.717, 1.165) is 0 Å². The molecule has 0 aliphatic rings. The number of carbonyl (C=O) groups is 1. The first-order chi connectivity index (χ1) is 13.0. The van der Waals surface area contributed by atoms with Crippen LogP contribution in [-0.4, -0.2) is 32.7 Å². The Morgan fingerprint density at radius 3 is 2.59 bits per heavy atom. The van der Waals surface area contributed by atoms with Gasteiger partial charge >= 0.3 is 6.01 Å². The lowest BCUT2D eigenvalue weighted by Gasteiger charge is -2.09. The van der Waals surface area contributed by atoms with E-state index in [1.807, 2.05) is 6.92 Å². The molecule has 0 unspecified atom stereocenters. The Hall–Kier alpha value is -2.93. The van der Waals surface area contributed by atoms with Crippen LogP contribution in [0.3, 0.4) is 0 Å². The van der Waals surface area contributed by atoms with Crippen molar-refractivity contribution in [2.24, 2.45) is 0 Å². The number of aromatic nitrogens is 3. The summed E-state index contributed by atoms with van der Waals surface area (Å²) in [5.74, 6) is -0.382. The van der Waals surface area contributed by atoms with E-state index in [2.05, 4.69) is 15.4 Å². The predicted molar refractivity (Wildman–Crippen MR) is 102 cm³/mol. The highest BCUT2D eigenvalue weighted by molar-refractivity contribution is 6.32. The first-order valence-electron chi connectivity index (χ1n) is 8.39. The first-order valence-corrected chi connectivity index (χ1v) is 8.83. The van der Waals surface area contributed by atoms with Crippen molar-refractivity contribution in [1.82, 2.24) is 14.8 Å². The van der Waals surface area contributed by atoms with Gasteiger partial charge in [0.25, 0.3) is 0 Å². The second-order valence-electron chi connectivity index (χ2n) is 5.69. The van der Waals surface area contributed by atoms with Gasteiger partial charge < -0.3 is 10.1 Å². The summed E-state index contributed by atoms with van der Waals surface area (Å²) in [4.78, 5) is 16.0. The minimum absolute atomic E-state index is 0.157. The van der Waals surface area contributed by atoms with Crippen LogP contribution in [0.5, 0.6) is 6.01 Å². The molecule has 1 aromatic heterocycles. The summed E-state index contributed by atoms with van der Waals surface area (Å²) in [5, 5.41) is 6.38. The highest BCUT2D eigenvalue weighted by atomic mass is 35.5. The van der Waals surface area contributed by atoms with Gasteiger partial charge in [-0.3, -0.25) is 4.79 Å². The van der Waals surface area contributed by atoms with Crippen LogP contribution in [0.4, 0.5) is 10.1 Å². The zero-order chi connectivity index (χ0) is 19.4. The first kappa shape index (κ1) is 18.8. The minimum Gasteiger partial charge on any atom is -0.463 e. The maximum atomic E-state index is 14.3. The molecule has 1 N–H and O–H groups in total. The molecule has 27 heavy (non-hydrogen) atoms. The fourth-order valence-corrected chi connectivity index (χ4v) is 2.46. The Balaban J connectivity index is 1.98. The Kier molecular flexibility index (Phi) is 5.71. The molecule has 6 nitrogen and oxygen atoms in total. The molecule has 0 aliphatic carbocycles. The van der Waals surface area contributed by atoms with Crippen molar-refractivity contribution in [1.29, 1.82) is 0 Å².